The number of hydrogen-bond acceptors (Lipinski definition) is 1. The lowest BCUT2D eigenvalue weighted by Gasteiger charge is -2.30. The average molecular weight is 249 g/mol. The van der Waals surface area contributed by atoms with Crippen molar-refractivity contribution >= 4 is 12.0 Å². The van der Waals surface area contributed by atoms with Gasteiger partial charge in [-0.25, -0.2) is 0 Å². The van der Waals surface area contributed by atoms with Crippen LogP contribution in [0.2, 0.25) is 0 Å². The van der Waals surface area contributed by atoms with Gasteiger partial charge in [-0.3, -0.25) is 4.79 Å². The van der Waals surface area contributed by atoms with Gasteiger partial charge in [0.1, 0.15) is 0 Å². The van der Waals surface area contributed by atoms with Crippen LogP contribution in [0.15, 0.2) is 60.8 Å². The van der Waals surface area contributed by atoms with Crippen LogP contribution in [0.5, 0.6) is 0 Å². The molecule has 0 N–H and O–H groups in total. The molecule has 1 aliphatic rings. The van der Waals surface area contributed by atoms with Crippen LogP contribution in [-0.4, -0.2) is 10.8 Å². The summed E-state index contributed by atoms with van der Waals surface area (Å²) in [6.45, 7) is 2.06. The Morgan fingerprint density at radius 2 is 1.68 bits per heavy atom. The van der Waals surface area contributed by atoms with Crippen molar-refractivity contribution in [3.8, 4) is 0 Å². The topological polar surface area (TPSA) is 20.3 Å². The van der Waals surface area contributed by atoms with Crippen molar-refractivity contribution < 1.29 is 4.79 Å². The van der Waals surface area contributed by atoms with Gasteiger partial charge in [-0.15, -0.1) is 0 Å². The lowest BCUT2D eigenvalue weighted by molar-refractivity contribution is 0.0776. The molecule has 19 heavy (non-hydrogen) atoms. The Morgan fingerprint density at radius 3 is 2.47 bits per heavy atom. The zero-order valence-corrected chi connectivity index (χ0v) is 10.8. The van der Waals surface area contributed by atoms with Crippen LogP contribution in [0.3, 0.4) is 0 Å². The fourth-order valence-electron chi connectivity index (χ4n) is 2.46. The van der Waals surface area contributed by atoms with Gasteiger partial charge in [0.2, 0.25) is 0 Å². The van der Waals surface area contributed by atoms with Crippen LogP contribution < -0.4 is 0 Å². The maximum Gasteiger partial charge on any atom is 0.258 e. The molecular formula is C17H15NO. The largest absolute Gasteiger partial charge is 0.308 e. The Kier molecular flexibility index (Phi) is 2.92. The van der Waals surface area contributed by atoms with E-state index in [9.17, 15) is 4.79 Å². The SMILES string of the molecule is CC1c2ccccc2C=CN1C(=O)c1ccccc1. The fraction of sp³-hybridized carbons (Fsp3) is 0.118. The van der Waals surface area contributed by atoms with E-state index in [4.69, 9.17) is 0 Å². The minimum atomic E-state index is 0.0406. The van der Waals surface area contributed by atoms with Crippen molar-refractivity contribution in [2.75, 3.05) is 0 Å². The smallest absolute Gasteiger partial charge is 0.258 e. The van der Waals surface area contributed by atoms with E-state index in [1.54, 1.807) is 4.90 Å². The molecular weight excluding hydrogens is 234 g/mol. The molecule has 0 aliphatic carbocycles. The molecule has 2 nitrogen and oxygen atoms in total. The highest BCUT2D eigenvalue weighted by Crippen LogP contribution is 2.30. The van der Waals surface area contributed by atoms with Crippen molar-refractivity contribution in [1.82, 2.24) is 4.90 Å². The third-order valence-electron chi connectivity index (χ3n) is 3.53. The number of fused-ring (bicyclic) bond motifs is 1. The van der Waals surface area contributed by atoms with E-state index in [2.05, 4.69) is 19.1 Å². The van der Waals surface area contributed by atoms with Crippen LogP contribution in [0, 0.1) is 0 Å². The first-order valence-corrected chi connectivity index (χ1v) is 6.42. The summed E-state index contributed by atoms with van der Waals surface area (Å²) < 4.78 is 0. The maximum absolute atomic E-state index is 12.5. The van der Waals surface area contributed by atoms with Crippen LogP contribution in [0.4, 0.5) is 0 Å². The Morgan fingerprint density at radius 1 is 1.00 bits per heavy atom. The van der Waals surface area contributed by atoms with Gasteiger partial charge in [0.15, 0.2) is 0 Å². The van der Waals surface area contributed by atoms with Gasteiger partial charge < -0.3 is 4.90 Å². The third-order valence-corrected chi connectivity index (χ3v) is 3.53. The number of carbonyl (C=O) groups excluding carboxylic acids is 1. The summed E-state index contributed by atoms with van der Waals surface area (Å²) >= 11 is 0. The molecule has 94 valence electrons. The van der Waals surface area contributed by atoms with Crippen molar-refractivity contribution in [2.24, 2.45) is 0 Å². The van der Waals surface area contributed by atoms with Gasteiger partial charge >= 0.3 is 0 Å². The van der Waals surface area contributed by atoms with E-state index in [0.29, 0.717) is 0 Å². The minimum Gasteiger partial charge on any atom is -0.308 e. The summed E-state index contributed by atoms with van der Waals surface area (Å²) in [4.78, 5) is 14.3. The molecule has 0 bridgehead atoms. The summed E-state index contributed by atoms with van der Waals surface area (Å²) in [5.74, 6) is 0.0406. The fourth-order valence-corrected chi connectivity index (χ4v) is 2.46. The van der Waals surface area contributed by atoms with Crippen molar-refractivity contribution in [2.45, 2.75) is 13.0 Å². The van der Waals surface area contributed by atoms with Gasteiger partial charge in [-0.1, -0.05) is 42.5 Å². The van der Waals surface area contributed by atoms with Crippen LogP contribution in [0.25, 0.3) is 6.08 Å². The molecule has 2 aromatic carbocycles. The van der Waals surface area contributed by atoms with E-state index in [-0.39, 0.29) is 11.9 Å². The van der Waals surface area contributed by atoms with E-state index in [0.717, 1.165) is 5.56 Å². The number of hydrogen-bond donors (Lipinski definition) is 0. The van der Waals surface area contributed by atoms with Crippen LogP contribution in [0.1, 0.15) is 34.5 Å². The molecule has 1 unspecified atom stereocenters. The first kappa shape index (κ1) is 11.7. The second-order valence-corrected chi connectivity index (χ2v) is 4.70. The Balaban J connectivity index is 1.95. The van der Waals surface area contributed by atoms with E-state index in [1.807, 2.05) is 54.7 Å². The number of amides is 1. The Bertz CT molecular complexity index is 631. The van der Waals surface area contributed by atoms with E-state index >= 15 is 0 Å². The van der Waals surface area contributed by atoms with Gasteiger partial charge in [0.05, 0.1) is 6.04 Å². The number of benzene rings is 2. The van der Waals surface area contributed by atoms with Crippen molar-refractivity contribution in [3.05, 3.63) is 77.5 Å². The first-order valence-electron chi connectivity index (χ1n) is 6.42. The summed E-state index contributed by atoms with van der Waals surface area (Å²) in [6, 6.07) is 17.6. The molecule has 2 heteroatoms. The quantitative estimate of drug-likeness (QED) is 0.751. The summed E-state index contributed by atoms with van der Waals surface area (Å²) in [7, 11) is 0. The van der Waals surface area contributed by atoms with E-state index < -0.39 is 0 Å². The lowest BCUT2D eigenvalue weighted by atomic mass is 9.97. The minimum absolute atomic E-state index is 0.0406. The van der Waals surface area contributed by atoms with Crippen LogP contribution >= 0.6 is 0 Å². The third kappa shape index (κ3) is 2.06. The molecule has 0 spiro atoms. The van der Waals surface area contributed by atoms with Crippen molar-refractivity contribution in [1.29, 1.82) is 0 Å². The molecule has 0 radical (unpaired) electrons. The lowest BCUT2D eigenvalue weighted by Crippen LogP contribution is -2.30. The monoisotopic (exact) mass is 249 g/mol. The molecule has 0 saturated heterocycles. The van der Waals surface area contributed by atoms with Crippen molar-refractivity contribution in [3.63, 3.8) is 0 Å². The standard InChI is InChI=1S/C17H15NO/c1-13-16-10-6-5-7-14(16)11-12-18(13)17(19)15-8-3-2-4-9-15/h2-13H,1H3. The van der Waals surface area contributed by atoms with E-state index in [1.165, 1.54) is 11.1 Å². The summed E-state index contributed by atoms with van der Waals surface area (Å²) in [6.07, 6.45) is 3.87. The highest BCUT2D eigenvalue weighted by Gasteiger charge is 2.24. The zero-order valence-electron chi connectivity index (χ0n) is 10.8. The highest BCUT2D eigenvalue weighted by atomic mass is 16.2. The number of nitrogens with zero attached hydrogens (tertiary/aromatic N) is 1. The Labute approximate surface area is 113 Å². The molecule has 0 fully saturated rings. The second kappa shape index (κ2) is 4.73. The zero-order chi connectivity index (χ0) is 13.2. The van der Waals surface area contributed by atoms with Crippen LogP contribution in [-0.2, 0) is 0 Å². The maximum atomic E-state index is 12.5. The molecule has 1 amide bonds. The predicted molar refractivity (Wildman–Crippen MR) is 76.5 cm³/mol. The summed E-state index contributed by atoms with van der Waals surface area (Å²) in [5, 5.41) is 0. The van der Waals surface area contributed by atoms with Gasteiger partial charge in [0.25, 0.3) is 5.91 Å². The molecule has 0 saturated carbocycles. The first-order chi connectivity index (χ1) is 9.27. The second-order valence-electron chi connectivity index (χ2n) is 4.70. The van der Waals surface area contributed by atoms with Gasteiger partial charge in [-0.2, -0.15) is 0 Å². The Hall–Kier alpha value is -2.35. The molecule has 1 atom stereocenters. The number of rotatable bonds is 1. The molecule has 1 heterocycles. The van der Waals surface area contributed by atoms with Gasteiger partial charge in [0, 0.05) is 11.8 Å². The highest BCUT2D eigenvalue weighted by molar-refractivity contribution is 5.95. The average Bonchev–Trinajstić information content (AvgIpc) is 2.48. The molecule has 0 aromatic heterocycles. The molecule has 2 aromatic rings. The summed E-state index contributed by atoms with van der Waals surface area (Å²) in [5.41, 5.74) is 3.10. The number of carbonyl (C=O) groups is 1. The van der Waals surface area contributed by atoms with Gasteiger partial charge in [-0.05, 0) is 36.3 Å². The molecule has 3 rings (SSSR count). The molecule has 1 aliphatic heterocycles. The normalized spacial score (nSPS) is 17.1. The predicted octanol–water partition coefficient (Wildman–Crippen LogP) is 3.87.